The Balaban J connectivity index is 1.58. The molecular weight excluding hydrogens is 387 g/mol. The number of ether oxygens (including phenoxy) is 1. The van der Waals surface area contributed by atoms with Crippen molar-refractivity contribution in [1.82, 2.24) is 9.78 Å². The lowest BCUT2D eigenvalue weighted by Gasteiger charge is -2.09. The highest BCUT2D eigenvalue weighted by Crippen LogP contribution is 2.29. The minimum Gasteiger partial charge on any atom is -0.452 e. The van der Waals surface area contributed by atoms with Crippen molar-refractivity contribution in [3.05, 3.63) is 77.6 Å². The van der Waals surface area contributed by atoms with Gasteiger partial charge in [-0.1, -0.05) is 18.2 Å². The van der Waals surface area contributed by atoms with Crippen LogP contribution in [0.2, 0.25) is 0 Å². The van der Waals surface area contributed by atoms with Crippen molar-refractivity contribution in [1.29, 1.82) is 0 Å². The largest absolute Gasteiger partial charge is 0.452 e. The molecule has 0 saturated heterocycles. The number of aromatic nitrogens is 2. The van der Waals surface area contributed by atoms with Crippen LogP contribution in [0.3, 0.4) is 0 Å². The van der Waals surface area contributed by atoms with E-state index in [-0.39, 0.29) is 11.3 Å². The lowest BCUT2D eigenvalue weighted by atomic mass is 10.2. The average molecular weight is 403 g/mol. The molecule has 2 aromatic carbocycles. The van der Waals surface area contributed by atoms with E-state index in [9.17, 15) is 22.8 Å². The quantitative estimate of drug-likeness (QED) is 0.654. The first-order chi connectivity index (χ1) is 13.8. The van der Waals surface area contributed by atoms with E-state index in [0.29, 0.717) is 5.69 Å². The van der Waals surface area contributed by atoms with Gasteiger partial charge in [0.2, 0.25) is 0 Å². The molecule has 9 heteroatoms. The zero-order valence-corrected chi connectivity index (χ0v) is 15.2. The Labute approximate surface area is 163 Å². The number of anilines is 1. The van der Waals surface area contributed by atoms with Crippen LogP contribution in [0.15, 0.2) is 60.8 Å². The van der Waals surface area contributed by atoms with Gasteiger partial charge in [-0.3, -0.25) is 4.79 Å². The van der Waals surface area contributed by atoms with E-state index in [1.807, 2.05) is 30.3 Å². The molecule has 0 radical (unpaired) electrons. The maximum Gasteiger partial charge on any atom is 0.416 e. The summed E-state index contributed by atoms with van der Waals surface area (Å²) < 4.78 is 44.2. The summed E-state index contributed by atoms with van der Waals surface area (Å²) in [6.07, 6.45) is -3.11. The number of alkyl halides is 3. The van der Waals surface area contributed by atoms with Gasteiger partial charge in [0.05, 0.1) is 23.1 Å². The SMILES string of the molecule is Cc1c(C(=O)OCC(=O)Nc2ccc(C(F)(F)F)cc2)cnn1-c1ccccc1. The standard InChI is InChI=1S/C20H16F3N3O3/c1-13-17(11-24-26(13)16-5-3-2-4-6-16)19(28)29-12-18(27)25-15-9-7-14(8-10-15)20(21,22)23/h2-11H,12H2,1H3,(H,25,27). The molecule has 0 atom stereocenters. The molecule has 6 nitrogen and oxygen atoms in total. The minimum atomic E-state index is -4.46. The zero-order chi connectivity index (χ0) is 21.0. The van der Waals surface area contributed by atoms with Crippen LogP contribution in [0.4, 0.5) is 18.9 Å². The molecule has 3 aromatic rings. The molecule has 0 aliphatic carbocycles. The molecule has 29 heavy (non-hydrogen) atoms. The zero-order valence-electron chi connectivity index (χ0n) is 15.2. The van der Waals surface area contributed by atoms with Gasteiger partial charge in [-0.2, -0.15) is 18.3 Å². The van der Waals surface area contributed by atoms with E-state index in [1.54, 1.807) is 11.6 Å². The highest BCUT2D eigenvalue weighted by molar-refractivity contribution is 5.95. The smallest absolute Gasteiger partial charge is 0.416 e. The Morgan fingerprint density at radius 1 is 1.07 bits per heavy atom. The van der Waals surface area contributed by atoms with Gasteiger partial charge in [0.15, 0.2) is 6.61 Å². The second-order valence-corrected chi connectivity index (χ2v) is 6.09. The van der Waals surface area contributed by atoms with Crippen molar-refractivity contribution in [2.75, 3.05) is 11.9 Å². The van der Waals surface area contributed by atoms with Crippen LogP contribution in [0, 0.1) is 6.92 Å². The molecule has 0 unspecified atom stereocenters. The average Bonchev–Trinajstić information content (AvgIpc) is 3.08. The fourth-order valence-electron chi connectivity index (χ4n) is 2.59. The number of rotatable bonds is 5. The molecule has 1 aromatic heterocycles. The van der Waals surface area contributed by atoms with Crippen LogP contribution >= 0.6 is 0 Å². The van der Waals surface area contributed by atoms with Gasteiger partial charge in [0.25, 0.3) is 5.91 Å². The van der Waals surface area contributed by atoms with E-state index in [2.05, 4.69) is 10.4 Å². The first-order valence-corrected chi connectivity index (χ1v) is 8.50. The fraction of sp³-hybridized carbons (Fsp3) is 0.150. The van der Waals surface area contributed by atoms with Gasteiger partial charge in [0, 0.05) is 5.69 Å². The Kier molecular flexibility index (Phi) is 5.67. The van der Waals surface area contributed by atoms with E-state index in [1.165, 1.54) is 6.20 Å². The number of nitrogens with zero attached hydrogens (tertiary/aromatic N) is 2. The number of halogens is 3. The molecule has 1 heterocycles. The second-order valence-electron chi connectivity index (χ2n) is 6.09. The van der Waals surface area contributed by atoms with Crippen LogP contribution in [0.5, 0.6) is 0 Å². The highest BCUT2D eigenvalue weighted by atomic mass is 19.4. The number of nitrogens with one attached hydrogen (secondary N) is 1. The number of esters is 1. The van der Waals surface area contributed by atoms with Crippen molar-refractivity contribution in [2.45, 2.75) is 13.1 Å². The van der Waals surface area contributed by atoms with E-state index in [4.69, 9.17) is 4.74 Å². The second kappa shape index (κ2) is 8.17. The maximum absolute atomic E-state index is 12.5. The van der Waals surface area contributed by atoms with Crippen molar-refractivity contribution in [2.24, 2.45) is 0 Å². The summed E-state index contributed by atoms with van der Waals surface area (Å²) in [5.74, 6) is -1.40. The number of benzene rings is 2. The monoisotopic (exact) mass is 403 g/mol. The number of hydrogen-bond donors (Lipinski definition) is 1. The van der Waals surface area contributed by atoms with E-state index < -0.39 is 30.2 Å². The summed E-state index contributed by atoms with van der Waals surface area (Å²) in [6, 6.07) is 13.1. The molecule has 3 rings (SSSR count). The summed E-state index contributed by atoms with van der Waals surface area (Å²) in [4.78, 5) is 24.2. The Bertz CT molecular complexity index is 1010. The molecule has 1 amide bonds. The topological polar surface area (TPSA) is 73.2 Å². The molecule has 0 aliphatic heterocycles. The van der Waals surface area contributed by atoms with E-state index in [0.717, 1.165) is 30.0 Å². The molecule has 150 valence electrons. The summed E-state index contributed by atoms with van der Waals surface area (Å²) >= 11 is 0. The summed E-state index contributed by atoms with van der Waals surface area (Å²) in [7, 11) is 0. The minimum absolute atomic E-state index is 0.159. The Morgan fingerprint density at radius 2 is 1.72 bits per heavy atom. The Hall–Kier alpha value is -3.62. The molecule has 0 aliphatic rings. The number of hydrogen-bond acceptors (Lipinski definition) is 4. The van der Waals surface area contributed by atoms with Crippen molar-refractivity contribution >= 4 is 17.6 Å². The van der Waals surface area contributed by atoms with Gasteiger partial charge >= 0.3 is 12.1 Å². The van der Waals surface area contributed by atoms with Crippen LogP contribution in [0.1, 0.15) is 21.6 Å². The van der Waals surface area contributed by atoms with Crippen LogP contribution in [-0.4, -0.2) is 28.3 Å². The number of carbonyl (C=O) groups is 2. The van der Waals surface area contributed by atoms with Crippen LogP contribution in [-0.2, 0) is 15.7 Å². The molecule has 0 bridgehead atoms. The molecule has 0 fully saturated rings. The van der Waals surface area contributed by atoms with Gasteiger partial charge < -0.3 is 10.1 Å². The third kappa shape index (κ3) is 4.81. The first kappa shape index (κ1) is 20.1. The normalized spacial score (nSPS) is 11.2. The highest BCUT2D eigenvalue weighted by Gasteiger charge is 2.30. The maximum atomic E-state index is 12.5. The lowest BCUT2D eigenvalue weighted by Crippen LogP contribution is -2.21. The summed E-state index contributed by atoms with van der Waals surface area (Å²) in [5, 5.41) is 6.52. The van der Waals surface area contributed by atoms with Gasteiger partial charge in [-0.05, 0) is 43.3 Å². The van der Waals surface area contributed by atoms with E-state index >= 15 is 0 Å². The number of para-hydroxylation sites is 1. The number of carbonyl (C=O) groups excluding carboxylic acids is 2. The molecule has 1 N–H and O–H groups in total. The van der Waals surface area contributed by atoms with Gasteiger partial charge in [-0.15, -0.1) is 0 Å². The van der Waals surface area contributed by atoms with Crippen molar-refractivity contribution in [3.63, 3.8) is 0 Å². The van der Waals surface area contributed by atoms with Crippen LogP contribution < -0.4 is 5.32 Å². The summed E-state index contributed by atoms with van der Waals surface area (Å²) in [6.45, 7) is 1.11. The van der Waals surface area contributed by atoms with Crippen LogP contribution in [0.25, 0.3) is 5.69 Å². The first-order valence-electron chi connectivity index (χ1n) is 8.50. The predicted octanol–water partition coefficient (Wildman–Crippen LogP) is 4.00. The third-order valence-corrected chi connectivity index (χ3v) is 4.06. The van der Waals surface area contributed by atoms with Gasteiger partial charge in [-0.25, -0.2) is 9.48 Å². The third-order valence-electron chi connectivity index (χ3n) is 4.06. The lowest BCUT2D eigenvalue weighted by molar-refractivity contribution is -0.137. The Morgan fingerprint density at radius 3 is 2.34 bits per heavy atom. The van der Waals surface area contributed by atoms with Gasteiger partial charge in [0.1, 0.15) is 5.56 Å². The van der Waals surface area contributed by atoms with Crippen molar-refractivity contribution < 1.29 is 27.5 Å². The predicted molar refractivity (Wildman–Crippen MR) is 98.7 cm³/mol. The molecule has 0 spiro atoms. The summed E-state index contributed by atoms with van der Waals surface area (Å²) in [5.41, 5.74) is 0.851. The molecule has 0 saturated carbocycles. The fourth-order valence-corrected chi connectivity index (χ4v) is 2.59. The molecular formula is C20H16F3N3O3. The van der Waals surface area contributed by atoms with Crippen molar-refractivity contribution in [3.8, 4) is 5.69 Å². The number of amides is 1.